The van der Waals surface area contributed by atoms with Crippen LogP contribution in [-0.2, 0) is 10.0 Å². The number of nitrogens with two attached hydrogens (primary N) is 2. The first-order chi connectivity index (χ1) is 8.09. The summed E-state index contributed by atoms with van der Waals surface area (Å²) in [5.74, 6) is 0.353. The van der Waals surface area contributed by atoms with E-state index >= 15 is 0 Å². The molecule has 102 valence electrons. The maximum Gasteiger partial charge on any atom is 0.238 e. The van der Waals surface area contributed by atoms with Crippen LogP contribution < -0.4 is 15.6 Å². The zero-order chi connectivity index (χ0) is 14.0. The number of rotatable bonds is 4. The first-order valence-electron chi connectivity index (χ1n) is 5.65. The summed E-state index contributed by atoms with van der Waals surface area (Å²) in [5, 5.41) is 5.05. The third-order valence-corrected chi connectivity index (χ3v) is 3.33. The normalized spacial score (nSPS) is 12.4. The fourth-order valence-corrected chi connectivity index (χ4v) is 1.81. The minimum absolute atomic E-state index is 0.00228. The first kappa shape index (κ1) is 14.8. The topological polar surface area (TPSA) is 95.4 Å². The van der Waals surface area contributed by atoms with Crippen molar-refractivity contribution < 1.29 is 13.2 Å². The minimum atomic E-state index is -3.73. The number of primary sulfonamides is 1. The van der Waals surface area contributed by atoms with E-state index in [4.69, 9.17) is 15.6 Å². The summed E-state index contributed by atoms with van der Waals surface area (Å²) in [6.45, 7) is 6.77. The van der Waals surface area contributed by atoms with Gasteiger partial charge in [0.15, 0.2) is 0 Å². The number of sulfonamides is 1. The highest BCUT2D eigenvalue weighted by molar-refractivity contribution is 7.89. The highest BCUT2D eigenvalue weighted by Gasteiger charge is 2.13. The Morgan fingerprint density at radius 1 is 1.28 bits per heavy atom. The molecule has 1 aromatic rings. The van der Waals surface area contributed by atoms with Gasteiger partial charge < -0.3 is 10.5 Å². The van der Waals surface area contributed by atoms with E-state index in [1.807, 2.05) is 0 Å². The molecule has 0 radical (unpaired) electrons. The summed E-state index contributed by atoms with van der Waals surface area (Å²) in [6, 6.07) is 4.20. The predicted octanol–water partition coefficient (Wildman–Crippen LogP) is 1.73. The molecule has 0 spiro atoms. The number of benzene rings is 1. The van der Waals surface area contributed by atoms with Crippen molar-refractivity contribution in [2.24, 2.45) is 10.6 Å². The van der Waals surface area contributed by atoms with Gasteiger partial charge in [-0.2, -0.15) is 0 Å². The first-order valence-corrected chi connectivity index (χ1v) is 7.19. The second kappa shape index (κ2) is 5.16. The van der Waals surface area contributed by atoms with Crippen LogP contribution >= 0.6 is 0 Å². The van der Waals surface area contributed by atoms with Crippen LogP contribution in [0.2, 0.25) is 0 Å². The molecule has 0 unspecified atom stereocenters. The number of ether oxygens (including phenoxy) is 1. The van der Waals surface area contributed by atoms with Crippen LogP contribution in [0.25, 0.3) is 0 Å². The van der Waals surface area contributed by atoms with Gasteiger partial charge in [0.2, 0.25) is 10.0 Å². The Morgan fingerprint density at radius 2 is 1.89 bits per heavy atom. The minimum Gasteiger partial charge on any atom is -0.491 e. The summed E-state index contributed by atoms with van der Waals surface area (Å²) in [7, 11) is -3.73. The summed E-state index contributed by atoms with van der Waals surface area (Å²) in [4.78, 5) is 0.00228. The summed E-state index contributed by atoms with van der Waals surface area (Å²) >= 11 is 0. The van der Waals surface area contributed by atoms with Crippen LogP contribution in [0, 0.1) is 5.41 Å². The molecule has 6 heteroatoms. The van der Waals surface area contributed by atoms with Gasteiger partial charge in [-0.3, -0.25) is 0 Å². The zero-order valence-electron chi connectivity index (χ0n) is 10.9. The van der Waals surface area contributed by atoms with Crippen molar-refractivity contribution in [2.75, 3.05) is 12.3 Å². The number of hydrogen-bond acceptors (Lipinski definition) is 4. The van der Waals surface area contributed by atoms with Gasteiger partial charge in [-0.25, -0.2) is 13.6 Å². The Labute approximate surface area is 108 Å². The molecule has 0 saturated heterocycles. The number of anilines is 1. The third kappa shape index (κ3) is 4.54. The Hall–Kier alpha value is -1.27. The predicted molar refractivity (Wildman–Crippen MR) is 71.8 cm³/mol. The van der Waals surface area contributed by atoms with Crippen LogP contribution in [0.5, 0.6) is 5.75 Å². The lowest BCUT2D eigenvalue weighted by atomic mass is 9.93. The molecule has 0 bridgehead atoms. The number of nitrogen functional groups attached to an aromatic ring is 1. The van der Waals surface area contributed by atoms with E-state index in [-0.39, 0.29) is 10.3 Å². The van der Waals surface area contributed by atoms with E-state index in [0.29, 0.717) is 18.0 Å². The second-order valence-corrected chi connectivity index (χ2v) is 6.97. The van der Waals surface area contributed by atoms with E-state index in [1.165, 1.54) is 18.2 Å². The van der Waals surface area contributed by atoms with E-state index in [1.54, 1.807) is 0 Å². The molecule has 0 aromatic heterocycles. The van der Waals surface area contributed by atoms with Gasteiger partial charge >= 0.3 is 0 Å². The van der Waals surface area contributed by atoms with Crippen LogP contribution in [0.3, 0.4) is 0 Å². The van der Waals surface area contributed by atoms with Gasteiger partial charge in [0.1, 0.15) is 5.75 Å². The van der Waals surface area contributed by atoms with E-state index in [0.717, 1.165) is 6.42 Å². The van der Waals surface area contributed by atoms with Crippen LogP contribution in [-0.4, -0.2) is 15.0 Å². The lowest BCUT2D eigenvalue weighted by molar-refractivity contribution is 0.243. The van der Waals surface area contributed by atoms with Crippen LogP contribution in [0.15, 0.2) is 23.1 Å². The second-order valence-electron chi connectivity index (χ2n) is 5.40. The van der Waals surface area contributed by atoms with Crippen molar-refractivity contribution in [1.29, 1.82) is 0 Å². The number of hydrogen-bond donors (Lipinski definition) is 2. The average Bonchev–Trinajstić information content (AvgIpc) is 2.17. The van der Waals surface area contributed by atoms with Gasteiger partial charge in [0.25, 0.3) is 0 Å². The highest BCUT2D eigenvalue weighted by Crippen LogP contribution is 2.26. The fraction of sp³-hybridized carbons (Fsp3) is 0.500. The van der Waals surface area contributed by atoms with Gasteiger partial charge in [-0.1, -0.05) is 20.8 Å². The van der Waals surface area contributed by atoms with Crippen molar-refractivity contribution in [1.82, 2.24) is 0 Å². The SMILES string of the molecule is CC(C)(C)CCOc1cc(S(N)(=O)=O)ccc1N. The molecule has 0 aliphatic rings. The van der Waals surface area contributed by atoms with Crippen molar-refractivity contribution in [3.05, 3.63) is 18.2 Å². The molecule has 0 atom stereocenters. The van der Waals surface area contributed by atoms with Crippen molar-refractivity contribution in [3.63, 3.8) is 0 Å². The third-order valence-electron chi connectivity index (χ3n) is 2.42. The molecular weight excluding hydrogens is 252 g/mol. The lowest BCUT2D eigenvalue weighted by Crippen LogP contribution is -2.14. The van der Waals surface area contributed by atoms with Gasteiger partial charge in [-0.05, 0) is 24.0 Å². The van der Waals surface area contributed by atoms with E-state index in [9.17, 15) is 8.42 Å². The Kier molecular flexibility index (Phi) is 4.24. The Balaban J connectivity index is 2.83. The molecular formula is C12H20N2O3S. The quantitative estimate of drug-likeness (QED) is 0.816. The van der Waals surface area contributed by atoms with Crippen molar-refractivity contribution >= 4 is 15.7 Å². The molecule has 0 aliphatic carbocycles. The smallest absolute Gasteiger partial charge is 0.238 e. The molecule has 0 fully saturated rings. The highest BCUT2D eigenvalue weighted by atomic mass is 32.2. The van der Waals surface area contributed by atoms with E-state index in [2.05, 4.69) is 20.8 Å². The molecule has 4 N–H and O–H groups in total. The molecule has 5 nitrogen and oxygen atoms in total. The molecule has 1 aromatic carbocycles. The summed E-state index contributed by atoms with van der Waals surface area (Å²) in [6.07, 6.45) is 0.839. The van der Waals surface area contributed by atoms with Gasteiger partial charge in [-0.15, -0.1) is 0 Å². The van der Waals surface area contributed by atoms with Crippen molar-refractivity contribution in [3.8, 4) is 5.75 Å². The van der Waals surface area contributed by atoms with Crippen LogP contribution in [0.1, 0.15) is 27.2 Å². The molecule has 0 saturated carbocycles. The van der Waals surface area contributed by atoms with Crippen LogP contribution in [0.4, 0.5) is 5.69 Å². The summed E-state index contributed by atoms with van der Waals surface area (Å²) in [5.41, 5.74) is 6.27. The molecule has 0 aliphatic heterocycles. The Morgan fingerprint density at radius 3 is 2.39 bits per heavy atom. The zero-order valence-corrected chi connectivity index (χ0v) is 11.8. The molecule has 1 rings (SSSR count). The monoisotopic (exact) mass is 272 g/mol. The van der Waals surface area contributed by atoms with Gasteiger partial charge in [0, 0.05) is 6.07 Å². The fourth-order valence-electron chi connectivity index (χ4n) is 1.28. The largest absolute Gasteiger partial charge is 0.491 e. The van der Waals surface area contributed by atoms with Crippen molar-refractivity contribution in [2.45, 2.75) is 32.1 Å². The molecule has 0 amide bonds. The van der Waals surface area contributed by atoms with E-state index < -0.39 is 10.0 Å². The average molecular weight is 272 g/mol. The van der Waals surface area contributed by atoms with Gasteiger partial charge in [0.05, 0.1) is 17.2 Å². The lowest BCUT2D eigenvalue weighted by Gasteiger charge is -2.18. The maximum atomic E-state index is 11.2. The molecule has 18 heavy (non-hydrogen) atoms. The maximum absolute atomic E-state index is 11.2. The molecule has 0 heterocycles. The standard InChI is InChI=1S/C12H20N2O3S/c1-12(2,3)6-7-17-11-8-9(18(14,15)16)4-5-10(11)13/h4-5,8H,6-7,13H2,1-3H3,(H2,14,15,16). The summed E-state index contributed by atoms with van der Waals surface area (Å²) < 4.78 is 27.9. The Bertz CT molecular complexity index is 519.